The van der Waals surface area contributed by atoms with Gasteiger partial charge in [0.2, 0.25) is 0 Å². The molecule has 0 aromatic heterocycles. The second kappa shape index (κ2) is 8.91. The Balaban J connectivity index is 1.47. The molecule has 1 heterocycles. The van der Waals surface area contributed by atoms with E-state index in [1.54, 1.807) is 66.7 Å². The summed E-state index contributed by atoms with van der Waals surface area (Å²) in [6.07, 6.45) is 0. The van der Waals surface area contributed by atoms with Crippen molar-refractivity contribution in [3.8, 4) is 5.75 Å². The molecule has 6 nitrogen and oxygen atoms in total. The zero-order valence-electron chi connectivity index (χ0n) is 15.8. The van der Waals surface area contributed by atoms with Crippen molar-refractivity contribution in [2.75, 3.05) is 10.2 Å². The van der Waals surface area contributed by atoms with E-state index in [1.165, 1.54) is 0 Å². The lowest BCUT2D eigenvalue weighted by Gasteiger charge is -2.14. The van der Waals surface area contributed by atoms with Crippen LogP contribution in [0.3, 0.4) is 0 Å². The van der Waals surface area contributed by atoms with Gasteiger partial charge in [-0.3, -0.25) is 9.59 Å². The summed E-state index contributed by atoms with van der Waals surface area (Å²) in [4.78, 5) is 38.6. The highest BCUT2D eigenvalue weighted by atomic mass is 127. The summed E-state index contributed by atoms with van der Waals surface area (Å²) < 4.78 is 6.38. The highest BCUT2D eigenvalue weighted by molar-refractivity contribution is 14.1. The molecule has 31 heavy (non-hydrogen) atoms. The number of rotatable bonds is 5. The molecule has 0 bridgehead atoms. The van der Waals surface area contributed by atoms with Crippen LogP contribution in [0.2, 0.25) is 0 Å². The normalized spacial score (nSPS) is 13.5. The summed E-state index contributed by atoms with van der Waals surface area (Å²) in [5.74, 6) is -1.21. The average molecular weight is 545 g/mol. The minimum atomic E-state index is -0.599. The van der Waals surface area contributed by atoms with Gasteiger partial charge in [0.15, 0.2) is 0 Å². The Hall–Kier alpha value is -3.17. The number of imide groups is 1. The first-order chi connectivity index (χ1) is 14.9. The number of nitrogens with zero attached hydrogens (tertiary/aromatic N) is 1. The fraction of sp³-hybridized carbons (Fsp3) is 0. The minimum Gasteiger partial charge on any atom is -0.423 e. The molecule has 1 aliphatic rings. The summed E-state index contributed by atoms with van der Waals surface area (Å²) in [5.41, 5.74) is 1.24. The van der Waals surface area contributed by atoms with Gasteiger partial charge >= 0.3 is 5.97 Å². The van der Waals surface area contributed by atoms with Crippen LogP contribution < -0.4 is 15.0 Å². The lowest BCUT2D eigenvalue weighted by Crippen LogP contribution is -2.32. The highest BCUT2D eigenvalue weighted by Gasteiger charge is 2.38. The topological polar surface area (TPSA) is 75.7 Å². The third-order valence-corrected chi connectivity index (χ3v) is 5.53. The first kappa shape index (κ1) is 21.1. The molecule has 0 spiro atoms. The molecule has 8 heteroatoms. The SMILES string of the molecule is O=C(Oc1ccc(I)cc1)c1ccc(NC2=C(Cl)C(=O)N(c3ccccc3)C2=O)cc1. The molecule has 1 N–H and O–H groups in total. The molecule has 0 saturated carbocycles. The van der Waals surface area contributed by atoms with Crippen LogP contribution in [0.1, 0.15) is 10.4 Å². The van der Waals surface area contributed by atoms with E-state index in [9.17, 15) is 14.4 Å². The highest BCUT2D eigenvalue weighted by Crippen LogP contribution is 2.30. The Bertz CT molecular complexity index is 1190. The fourth-order valence-corrected chi connectivity index (χ4v) is 3.50. The van der Waals surface area contributed by atoms with E-state index in [1.807, 2.05) is 12.1 Å². The maximum Gasteiger partial charge on any atom is 0.343 e. The Kier molecular flexibility index (Phi) is 6.06. The Morgan fingerprint density at radius 3 is 2.16 bits per heavy atom. The second-order valence-corrected chi connectivity index (χ2v) is 8.14. The van der Waals surface area contributed by atoms with Crippen LogP contribution in [-0.2, 0) is 9.59 Å². The number of ether oxygens (including phenoxy) is 1. The molecular formula is C23H14ClIN2O4. The van der Waals surface area contributed by atoms with Crippen LogP contribution in [-0.4, -0.2) is 17.8 Å². The van der Waals surface area contributed by atoms with E-state index in [4.69, 9.17) is 16.3 Å². The first-order valence-corrected chi connectivity index (χ1v) is 10.6. The van der Waals surface area contributed by atoms with Crippen LogP contribution in [0.25, 0.3) is 0 Å². The number of esters is 1. The van der Waals surface area contributed by atoms with Crippen LogP contribution in [0.4, 0.5) is 11.4 Å². The zero-order chi connectivity index (χ0) is 22.0. The fourth-order valence-electron chi connectivity index (χ4n) is 2.93. The smallest absolute Gasteiger partial charge is 0.343 e. The quantitative estimate of drug-likeness (QED) is 0.213. The van der Waals surface area contributed by atoms with Gasteiger partial charge in [0.25, 0.3) is 11.8 Å². The average Bonchev–Trinajstić information content (AvgIpc) is 2.99. The lowest BCUT2D eigenvalue weighted by molar-refractivity contribution is -0.120. The van der Waals surface area contributed by atoms with Crippen LogP contribution in [0, 0.1) is 3.57 Å². The largest absolute Gasteiger partial charge is 0.423 e. The first-order valence-electron chi connectivity index (χ1n) is 9.12. The molecule has 1 aliphatic heterocycles. The van der Waals surface area contributed by atoms with Crippen molar-refractivity contribution in [2.24, 2.45) is 0 Å². The number of benzene rings is 3. The van der Waals surface area contributed by atoms with Gasteiger partial charge in [-0.1, -0.05) is 29.8 Å². The van der Waals surface area contributed by atoms with E-state index in [0.717, 1.165) is 8.47 Å². The van der Waals surface area contributed by atoms with Crippen molar-refractivity contribution in [3.05, 3.63) is 98.7 Å². The van der Waals surface area contributed by atoms with Crippen molar-refractivity contribution in [1.29, 1.82) is 0 Å². The summed E-state index contributed by atoms with van der Waals surface area (Å²) in [6, 6.07) is 22.0. The molecule has 3 aromatic carbocycles. The number of para-hydroxylation sites is 1. The van der Waals surface area contributed by atoms with Crippen molar-refractivity contribution in [3.63, 3.8) is 0 Å². The number of carbonyl (C=O) groups excluding carboxylic acids is 3. The monoisotopic (exact) mass is 544 g/mol. The summed E-state index contributed by atoms with van der Waals surface area (Å²) in [6.45, 7) is 0. The van der Waals surface area contributed by atoms with Gasteiger partial charge in [-0.2, -0.15) is 0 Å². The second-order valence-electron chi connectivity index (χ2n) is 6.52. The number of halogens is 2. The number of anilines is 2. The number of nitrogens with one attached hydrogen (secondary N) is 1. The van der Waals surface area contributed by atoms with Crippen molar-refractivity contribution >= 4 is 63.4 Å². The third kappa shape index (κ3) is 4.47. The zero-order valence-corrected chi connectivity index (χ0v) is 18.8. The predicted molar refractivity (Wildman–Crippen MR) is 126 cm³/mol. The molecule has 0 radical (unpaired) electrons. The summed E-state index contributed by atoms with van der Waals surface area (Å²) >= 11 is 8.30. The number of carbonyl (C=O) groups is 3. The van der Waals surface area contributed by atoms with E-state index in [2.05, 4.69) is 27.9 Å². The van der Waals surface area contributed by atoms with Gasteiger partial charge in [-0.15, -0.1) is 0 Å². The Morgan fingerprint density at radius 2 is 1.52 bits per heavy atom. The van der Waals surface area contributed by atoms with E-state index >= 15 is 0 Å². The van der Waals surface area contributed by atoms with Gasteiger partial charge in [-0.05, 0) is 83.3 Å². The standard InChI is InChI=1S/C23H14ClIN2O4/c24-19-20(22(29)27(21(19)28)17-4-2-1-3-5-17)26-16-10-6-14(7-11-16)23(30)31-18-12-8-15(25)9-13-18/h1-13,26H. The van der Waals surface area contributed by atoms with E-state index in [-0.39, 0.29) is 10.7 Å². The number of hydrogen-bond donors (Lipinski definition) is 1. The van der Waals surface area contributed by atoms with Crippen molar-refractivity contribution < 1.29 is 19.1 Å². The number of amides is 2. The van der Waals surface area contributed by atoms with Crippen LogP contribution in [0.15, 0.2) is 89.6 Å². The Labute approximate surface area is 196 Å². The molecular weight excluding hydrogens is 531 g/mol. The molecule has 2 amide bonds. The van der Waals surface area contributed by atoms with Crippen molar-refractivity contribution in [1.82, 2.24) is 0 Å². The van der Waals surface area contributed by atoms with Gasteiger partial charge in [0.05, 0.1) is 11.3 Å². The molecule has 0 aliphatic carbocycles. The molecule has 4 rings (SSSR count). The van der Waals surface area contributed by atoms with Gasteiger partial charge in [-0.25, -0.2) is 9.69 Å². The maximum absolute atomic E-state index is 12.8. The lowest BCUT2D eigenvalue weighted by atomic mass is 10.2. The third-order valence-electron chi connectivity index (χ3n) is 4.46. The molecule has 0 atom stereocenters. The summed E-state index contributed by atoms with van der Waals surface area (Å²) in [5, 5.41) is 2.68. The molecule has 0 saturated heterocycles. The molecule has 0 unspecified atom stereocenters. The number of hydrogen-bond acceptors (Lipinski definition) is 5. The van der Waals surface area contributed by atoms with Crippen LogP contribution >= 0.6 is 34.2 Å². The summed E-state index contributed by atoms with van der Waals surface area (Å²) in [7, 11) is 0. The van der Waals surface area contributed by atoms with Crippen LogP contribution in [0.5, 0.6) is 5.75 Å². The molecule has 154 valence electrons. The Morgan fingerprint density at radius 1 is 0.871 bits per heavy atom. The molecule has 3 aromatic rings. The van der Waals surface area contributed by atoms with Gasteiger partial charge in [0, 0.05) is 9.26 Å². The van der Waals surface area contributed by atoms with Crippen molar-refractivity contribution in [2.45, 2.75) is 0 Å². The predicted octanol–water partition coefficient (Wildman–Crippen LogP) is 4.95. The maximum atomic E-state index is 12.8. The van der Waals surface area contributed by atoms with Gasteiger partial charge < -0.3 is 10.1 Å². The van der Waals surface area contributed by atoms with E-state index in [0.29, 0.717) is 22.7 Å². The van der Waals surface area contributed by atoms with Gasteiger partial charge in [0.1, 0.15) is 16.5 Å². The van der Waals surface area contributed by atoms with E-state index < -0.39 is 17.8 Å². The minimum absolute atomic E-state index is 0.0234. The molecule has 0 fully saturated rings.